The zero-order valence-corrected chi connectivity index (χ0v) is 16.3. The number of benzene rings is 2. The van der Waals surface area contributed by atoms with E-state index in [1.165, 1.54) is 4.70 Å². The van der Waals surface area contributed by atoms with Crippen LogP contribution < -0.4 is 10.6 Å². The molecule has 0 fully saturated rings. The number of nitrogens with one attached hydrogen (secondary N) is 2. The van der Waals surface area contributed by atoms with Crippen LogP contribution in [-0.4, -0.2) is 25.8 Å². The van der Waals surface area contributed by atoms with Crippen molar-refractivity contribution in [1.29, 1.82) is 0 Å². The number of carbonyl (C=O) groups is 1. The number of amides is 2. The molecular weight excluding hydrogens is 384 g/mol. The average molecular weight is 400 g/mol. The van der Waals surface area contributed by atoms with Gasteiger partial charge in [-0.15, -0.1) is 11.3 Å². The minimum Gasteiger partial charge on any atom is -0.308 e. The number of nitrogens with zero attached hydrogens (tertiary/aromatic N) is 4. The summed E-state index contributed by atoms with van der Waals surface area (Å²) in [7, 11) is 1.86. The number of urea groups is 1. The maximum Gasteiger partial charge on any atom is 0.323 e. The standard InChI is InChI=1S/C21H16N6OS/c1-27-12-14(10-23-27)19-11-22-17-4-2-16(9-18(17)26-19)25-21(28)24-15-3-5-20-13(8-15)6-7-29-20/h2-12H,1H3,(H2,24,25,28). The van der Waals surface area contributed by atoms with Crippen molar-refractivity contribution in [3.8, 4) is 11.3 Å². The van der Waals surface area contributed by atoms with E-state index in [1.807, 2.05) is 61.1 Å². The number of anilines is 2. The molecule has 0 bridgehead atoms. The molecule has 0 saturated carbocycles. The molecule has 0 aliphatic carbocycles. The second kappa shape index (κ2) is 6.99. The molecule has 0 aliphatic heterocycles. The van der Waals surface area contributed by atoms with Crippen LogP contribution in [0.4, 0.5) is 16.2 Å². The first-order valence-corrected chi connectivity index (χ1v) is 9.83. The van der Waals surface area contributed by atoms with Crippen LogP contribution in [-0.2, 0) is 7.05 Å². The molecule has 0 spiro atoms. The van der Waals surface area contributed by atoms with Crippen LogP contribution in [0.3, 0.4) is 0 Å². The van der Waals surface area contributed by atoms with E-state index in [1.54, 1.807) is 28.4 Å². The highest BCUT2D eigenvalue weighted by molar-refractivity contribution is 7.17. The fraction of sp³-hybridized carbons (Fsp3) is 0.0476. The van der Waals surface area contributed by atoms with Gasteiger partial charge in [0, 0.05) is 34.9 Å². The molecule has 0 saturated heterocycles. The van der Waals surface area contributed by atoms with E-state index >= 15 is 0 Å². The molecule has 5 aromatic rings. The van der Waals surface area contributed by atoms with Crippen LogP contribution in [0.15, 0.2) is 66.4 Å². The molecule has 2 amide bonds. The third-order valence-corrected chi connectivity index (χ3v) is 5.41. The van der Waals surface area contributed by atoms with Gasteiger partial charge in [0.15, 0.2) is 0 Å². The quantitative estimate of drug-likeness (QED) is 0.452. The van der Waals surface area contributed by atoms with E-state index in [4.69, 9.17) is 0 Å². The number of aromatic nitrogens is 4. The third-order valence-electron chi connectivity index (χ3n) is 4.51. The van der Waals surface area contributed by atoms with Crippen molar-refractivity contribution in [3.63, 3.8) is 0 Å². The van der Waals surface area contributed by atoms with Crippen molar-refractivity contribution in [1.82, 2.24) is 19.7 Å². The second-order valence-corrected chi connectivity index (χ2v) is 7.56. The van der Waals surface area contributed by atoms with Gasteiger partial charge >= 0.3 is 6.03 Å². The van der Waals surface area contributed by atoms with E-state index in [-0.39, 0.29) is 6.03 Å². The first-order valence-electron chi connectivity index (χ1n) is 8.95. The number of carbonyl (C=O) groups excluding carboxylic acids is 1. The lowest BCUT2D eigenvalue weighted by molar-refractivity contribution is 0.262. The van der Waals surface area contributed by atoms with Gasteiger partial charge in [-0.2, -0.15) is 5.10 Å². The van der Waals surface area contributed by atoms with Crippen LogP contribution in [0.1, 0.15) is 0 Å². The van der Waals surface area contributed by atoms with Crippen LogP contribution >= 0.6 is 11.3 Å². The summed E-state index contributed by atoms with van der Waals surface area (Å²) in [5.41, 5.74) is 4.46. The van der Waals surface area contributed by atoms with E-state index in [2.05, 4.69) is 25.7 Å². The van der Waals surface area contributed by atoms with Gasteiger partial charge < -0.3 is 10.6 Å². The van der Waals surface area contributed by atoms with Gasteiger partial charge in [-0.05, 0) is 53.2 Å². The first-order chi connectivity index (χ1) is 14.1. The van der Waals surface area contributed by atoms with Crippen molar-refractivity contribution < 1.29 is 4.79 Å². The van der Waals surface area contributed by atoms with Gasteiger partial charge in [-0.25, -0.2) is 9.78 Å². The van der Waals surface area contributed by atoms with Crippen LogP contribution in [0.2, 0.25) is 0 Å². The number of aryl methyl sites for hydroxylation is 1. The van der Waals surface area contributed by atoms with Crippen molar-refractivity contribution in [2.24, 2.45) is 7.05 Å². The Morgan fingerprint density at radius 2 is 1.83 bits per heavy atom. The Hall–Kier alpha value is -3.78. The molecule has 8 heteroatoms. The first kappa shape index (κ1) is 17.3. The van der Waals surface area contributed by atoms with Gasteiger partial charge in [-0.3, -0.25) is 9.67 Å². The summed E-state index contributed by atoms with van der Waals surface area (Å²) in [5.74, 6) is 0. The Morgan fingerprint density at radius 1 is 1.00 bits per heavy atom. The molecule has 5 rings (SSSR count). The van der Waals surface area contributed by atoms with Crippen LogP contribution in [0.5, 0.6) is 0 Å². The van der Waals surface area contributed by atoms with Crippen LogP contribution in [0.25, 0.3) is 32.4 Å². The molecule has 3 aromatic heterocycles. The van der Waals surface area contributed by atoms with Crippen LogP contribution in [0, 0.1) is 0 Å². The largest absolute Gasteiger partial charge is 0.323 e. The summed E-state index contributed by atoms with van der Waals surface area (Å²) in [6.45, 7) is 0. The third kappa shape index (κ3) is 3.53. The smallest absolute Gasteiger partial charge is 0.308 e. The summed E-state index contributed by atoms with van der Waals surface area (Å²) in [6.07, 6.45) is 5.35. The van der Waals surface area contributed by atoms with E-state index < -0.39 is 0 Å². The molecule has 29 heavy (non-hydrogen) atoms. The molecule has 0 aliphatic rings. The highest BCUT2D eigenvalue weighted by Gasteiger charge is 2.08. The maximum atomic E-state index is 12.4. The van der Waals surface area contributed by atoms with Gasteiger partial charge in [0.2, 0.25) is 0 Å². The Balaban J connectivity index is 1.37. The summed E-state index contributed by atoms with van der Waals surface area (Å²) >= 11 is 1.67. The molecule has 7 nitrogen and oxygen atoms in total. The molecule has 2 N–H and O–H groups in total. The molecule has 3 heterocycles. The van der Waals surface area contributed by atoms with Crippen molar-refractivity contribution in [2.45, 2.75) is 0 Å². The van der Waals surface area contributed by atoms with Gasteiger partial charge in [0.1, 0.15) is 0 Å². The van der Waals surface area contributed by atoms with Crippen molar-refractivity contribution >= 4 is 49.9 Å². The number of hydrogen-bond donors (Lipinski definition) is 2. The molecule has 0 radical (unpaired) electrons. The predicted octanol–water partition coefficient (Wildman–Crippen LogP) is 4.89. The number of rotatable bonds is 3. The average Bonchev–Trinajstić information content (AvgIpc) is 3.35. The van der Waals surface area contributed by atoms with Gasteiger partial charge in [0.05, 0.1) is 29.1 Å². The minimum atomic E-state index is -0.310. The monoisotopic (exact) mass is 400 g/mol. The van der Waals surface area contributed by atoms with Crippen molar-refractivity contribution in [3.05, 3.63) is 66.4 Å². The highest BCUT2D eigenvalue weighted by Crippen LogP contribution is 2.24. The molecular formula is C21H16N6OS. The fourth-order valence-corrected chi connectivity index (χ4v) is 3.89. The number of fused-ring (bicyclic) bond motifs is 2. The summed E-state index contributed by atoms with van der Waals surface area (Å²) in [4.78, 5) is 21.5. The maximum absolute atomic E-state index is 12.4. The summed E-state index contributed by atoms with van der Waals surface area (Å²) < 4.78 is 2.91. The van der Waals surface area contributed by atoms with Gasteiger partial charge in [-0.1, -0.05) is 0 Å². The SMILES string of the molecule is Cn1cc(-c2cnc3ccc(NC(=O)Nc4ccc5sccc5c4)cc3n2)cn1. The fourth-order valence-electron chi connectivity index (χ4n) is 3.12. The molecule has 0 unspecified atom stereocenters. The minimum absolute atomic E-state index is 0.310. The Morgan fingerprint density at radius 3 is 2.66 bits per heavy atom. The lowest BCUT2D eigenvalue weighted by atomic mass is 10.2. The Kier molecular flexibility index (Phi) is 4.18. The lowest BCUT2D eigenvalue weighted by Crippen LogP contribution is -2.19. The Labute approximate surface area is 170 Å². The molecule has 142 valence electrons. The van der Waals surface area contributed by atoms with Gasteiger partial charge in [0.25, 0.3) is 0 Å². The van der Waals surface area contributed by atoms with E-state index in [9.17, 15) is 4.79 Å². The summed E-state index contributed by atoms with van der Waals surface area (Å²) in [6, 6.07) is 13.0. The summed E-state index contributed by atoms with van der Waals surface area (Å²) in [5, 5.41) is 13.0. The molecule has 2 aromatic carbocycles. The van der Waals surface area contributed by atoms with Crippen molar-refractivity contribution in [2.75, 3.05) is 10.6 Å². The normalized spacial score (nSPS) is 11.1. The lowest BCUT2D eigenvalue weighted by Gasteiger charge is -2.09. The second-order valence-electron chi connectivity index (χ2n) is 6.61. The van der Waals surface area contributed by atoms with E-state index in [0.29, 0.717) is 11.2 Å². The Bertz CT molecular complexity index is 1360. The van der Waals surface area contributed by atoms with E-state index in [0.717, 1.165) is 27.8 Å². The topological polar surface area (TPSA) is 84.7 Å². The highest BCUT2D eigenvalue weighted by atomic mass is 32.1. The molecule has 0 atom stereocenters. The predicted molar refractivity (Wildman–Crippen MR) is 116 cm³/mol. The zero-order valence-electron chi connectivity index (χ0n) is 15.5. The number of thiophene rings is 1. The zero-order chi connectivity index (χ0) is 19.8. The number of hydrogen-bond acceptors (Lipinski definition) is 5.